The summed E-state index contributed by atoms with van der Waals surface area (Å²) in [5.74, 6) is -0.680. The van der Waals surface area contributed by atoms with E-state index in [0.717, 1.165) is 9.87 Å². The van der Waals surface area contributed by atoms with Gasteiger partial charge in [0.05, 0.1) is 4.90 Å². The number of aliphatic carboxylic acids is 1. The van der Waals surface area contributed by atoms with Crippen LogP contribution in [0.5, 0.6) is 0 Å². The van der Waals surface area contributed by atoms with E-state index in [1.807, 2.05) is 0 Å². The number of hydrogen-bond acceptors (Lipinski definition) is 5. The van der Waals surface area contributed by atoms with Crippen molar-refractivity contribution < 1.29 is 22.7 Å². The van der Waals surface area contributed by atoms with Gasteiger partial charge < -0.3 is 9.52 Å². The highest BCUT2D eigenvalue weighted by atomic mass is 32.2. The predicted octanol–water partition coefficient (Wildman–Crippen LogP) is 2.13. The van der Waals surface area contributed by atoms with Crippen LogP contribution in [-0.4, -0.2) is 41.4 Å². The second-order valence-corrected chi connectivity index (χ2v) is 7.20. The second kappa shape index (κ2) is 6.51. The zero-order chi connectivity index (χ0) is 17.2. The van der Waals surface area contributed by atoms with Crippen LogP contribution in [0, 0.1) is 6.92 Å². The fraction of sp³-hybridized carbons (Fsp3) is 0.333. The Hall–Kier alpha value is -2.19. The van der Waals surface area contributed by atoms with E-state index in [1.165, 1.54) is 18.4 Å². The first-order chi connectivity index (χ1) is 10.7. The van der Waals surface area contributed by atoms with Crippen LogP contribution >= 0.6 is 0 Å². The zero-order valence-electron chi connectivity index (χ0n) is 13.1. The molecule has 0 aliphatic heterocycles. The Bertz CT molecular complexity index is 794. The van der Waals surface area contributed by atoms with E-state index < -0.39 is 28.6 Å². The molecule has 7 nitrogen and oxygen atoms in total. The van der Waals surface area contributed by atoms with Gasteiger partial charge in [-0.25, -0.2) is 13.4 Å². The predicted molar refractivity (Wildman–Crippen MR) is 83.3 cm³/mol. The van der Waals surface area contributed by atoms with Crippen molar-refractivity contribution in [2.45, 2.75) is 31.7 Å². The molecule has 0 amide bonds. The van der Waals surface area contributed by atoms with Gasteiger partial charge in [-0.1, -0.05) is 12.1 Å². The summed E-state index contributed by atoms with van der Waals surface area (Å²) in [5, 5.41) is 8.91. The summed E-state index contributed by atoms with van der Waals surface area (Å²) < 4.78 is 31.3. The molecule has 0 aliphatic rings. The van der Waals surface area contributed by atoms with Crippen molar-refractivity contribution >= 4 is 16.0 Å². The first-order valence-electron chi connectivity index (χ1n) is 6.98. The van der Waals surface area contributed by atoms with Crippen LogP contribution in [0.4, 0.5) is 0 Å². The first-order valence-corrected chi connectivity index (χ1v) is 8.42. The van der Waals surface area contributed by atoms with Crippen molar-refractivity contribution in [3.05, 3.63) is 36.4 Å². The Balaban J connectivity index is 2.34. The average molecular weight is 338 g/mol. The van der Waals surface area contributed by atoms with Crippen molar-refractivity contribution in [2.75, 3.05) is 6.54 Å². The molecule has 1 aromatic carbocycles. The normalized spacial score (nSPS) is 12.0. The SMILES string of the molecule is Cc1nc(-c2ccc(S(=O)(=O)N(CC(=O)O)C(C)C)cc2)co1. The molecule has 0 saturated heterocycles. The molecule has 1 aromatic heterocycles. The Morgan fingerprint density at radius 1 is 1.30 bits per heavy atom. The maximum atomic E-state index is 12.6. The lowest BCUT2D eigenvalue weighted by molar-refractivity contribution is -0.137. The molecular weight excluding hydrogens is 320 g/mol. The molecule has 8 heteroatoms. The van der Waals surface area contributed by atoms with E-state index in [9.17, 15) is 13.2 Å². The number of carboxylic acid groups (broad SMARTS) is 1. The molecule has 0 aliphatic carbocycles. The van der Waals surface area contributed by atoms with Crippen molar-refractivity contribution in [1.29, 1.82) is 0 Å². The number of aryl methyl sites for hydroxylation is 1. The maximum absolute atomic E-state index is 12.6. The third-order valence-corrected chi connectivity index (χ3v) is 5.28. The summed E-state index contributed by atoms with van der Waals surface area (Å²) >= 11 is 0. The minimum Gasteiger partial charge on any atom is -0.480 e. The van der Waals surface area contributed by atoms with E-state index in [1.54, 1.807) is 32.9 Å². The summed E-state index contributed by atoms with van der Waals surface area (Å²) in [7, 11) is -3.88. The van der Waals surface area contributed by atoms with Crippen LogP contribution in [0.25, 0.3) is 11.3 Å². The van der Waals surface area contributed by atoms with Gasteiger partial charge >= 0.3 is 5.97 Å². The maximum Gasteiger partial charge on any atom is 0.318 e. The number of carbonyl (C=O) groups is 1. The number of aromatic nitrogens is 1. The molecular formula is C15H18N2O5S. The van der Waals surface area contributed by atoms with E-state index in [2.05, 4.69) is 4.98 Å². The van der Waals surface area contributed by atoms with Crippen LogP contribution in [-0.2, 0) is 14.8 Å². The fourth-order valence-corrected chi connectivity index (χ4v) is 3.69. The molecule has 0 unspecified atom stereocenters. The number of nitrogens with zero attached hydrogens (tertiary/aromatic N) is 2. The number of sulfonamides is 1. The lowest BCUT2D eigenvalue weighted by atomic mass is 10.2. The quantitative estimate of drug-likeness (QED) is 0.866. The Morgan fingerprint density at radius 2 is 1.91 bits per heavy atom. The molecule has 1 N–H and O–H groups in total. The summed E-state index contributed by atoms with van der Waals surface area (Å²) in [4.78, 5) is 15.1. The van der Waals surface area contributed by atoms with E-state index >= 15 is 0 Å². The van der Waals surface area contributed by atoms with Crippen LogP contribution < -0.4 is 0 Å². The number of rotatable bonds is 6. The molecule has 0 radical (unpaired) electrons. The highest BCUT2D eigenvalue weighted by Gasteiger charge is 2.28. The smallest absolute Gasteiger partial charge is 0.318 e. The van der Waals surface area contributed by atoms with Gasteiger partial charge in [0, 0.05) is 18.5 Å². The Morgan fingerprint density at radius 3 is 2.35 bits per heavy atom. The van der Waals surface area contributed by atoms with Crippen LogP contribution in [0.1, 0.15) is 19.7 Å². The molecule has 0 bridgehead atoms. The monoisotopic (exact) mass is 338 g/mol. The number of benzene rings is 1. The average Bonchev–Trinajstić information content (AvgIpc) is 2.91. The lowest BCUT2D eigenvalue weighted by Crippen LogP contribution is -2.40. The molecule has 0 spiro atoms. The number of hydrogen-bond donors (Lipinski definition) is 1. The summed E-state index contributed by atoms with van der Waals surface area (Å²) in [6, 6.07) is 5.64. The summed E-state index contributed by atoms with van der Waals surface area (Å²) in [6.45, 7) is 4.40. The molecule has 2 aromatic rings. The van der Waals surface area contributed by atoms with Gasteiger partial charge in [0.1, 0.15) is 18.5 Å². The zero-order valence-corrected chi connectivity index (χ0v) is 13.9. The molecule has 124 valence electrons. The van der Waals surface area contributed by atoms with Crippen molar-refractivity contribution in [1.82, 2.24) is 9.29 Å². The van der Waals surface area contributed by atoms with Crippen LogP contribution in [0.15, 0.2) is 39.8 Å². The standard InChI is InChI=1S/C15H18N2O5S/c1-10(2)17(8-15(18)19)23(20,21)13-6-4-12(5-7-13)14-9-22-11(3)16-14/h4-7,9-10H,8H2,1-3H3,(H,18,19). The number of carboxylic acids is 1. The third kappa shape index (κ3) is 3.77. The fourth-order valence-electron chi connectivity index (χ4n) is 2.11. The van der Waals surface area contributed by atoms with Gasteiger partial charge in [0.25, 0.3) is 0 Å². The summed E-state index contributed by atoms with van der Waals surface area (Å²) in [6.07, 6.45) is 1.49. The van der Waals surface area contributed by atoms with Crippen LogP contribution in [0.2, 0.25) is 0 Å². The molecule has 0 fully saturated rings. The molecule has 2 rings (SSSR count). The van der Waals surface area contributed by atoms with Gasteiger partial charge in [-0.05, 0) is 26.0 Å². The van der Waals surface area contributed by atoms with Gasteiger partial charge in [0.15, 0.2) is 5.89 Å². The highest BCUT2D eigenvalue weighted by Crippen LogP contribution is 2.23. The van der Waals surface area contributed by atoms with E-state index in [4.69, 9.17) is 9.52 Å². The minimum atomic E-state index is -3.88. The molecule has 0 atom stereocenters. The lowest BCUT2D eigenvalue weighted by Gasteiger charge is -2.24. The molecule has 1 heterocycles. The highest BCUT2D eigenvalue weighted by molar-refractivity contribution is 7.89. The van der Waals surface area contributed by atoms with Crippen molar-refractivity contribution in [3.8, 4) is 11.3 Å². The van der Waals surface area contributed by atoms with Gasteiger partial charge in [-0.2, -0.15) is 4.31 Å². The van der Waals surface area contributed by atoms with Crippen molar-refractivity contribution in [2.24, 2.45) is 0 Å². The minimum absolute atomic E-state index is 0.0383. The Labute approximate surface area is 134 Å². The topological polar surface area (TPSA) is 101 Å². The van der Waals surface area contributed by atoms with Gasteiger partial charge in [-0.3, -0.25) is 4.79 Å². The Kier molecular flexibility index (Phi) is 4.86. The van der Waals surface area contributed by atoms with Crippen molar-refractivity contribution in [3.63, 3.8) is 0 Å². The number of oxazole rings is 1. The van der Waals surface area contributed by atoms with E-state index in [0.29, 0.717) is 11.6 Å². The third-order valence-electron chi connectivity index (χ3n) is 3.24. The van der Waals surface area contributed by atoms with Gasteiger partial charge in [0.2, 0.25) is 10.0 Å². The van der Waals surface area contributed by atoms with Crippen LogP contribution in [0.3, 0.4) is 0 Å². The first kappa shape index (κ1) is 17.2. The molecule has 0 saturated carbocycles. The molecule has 23 heavy (non-hydrogen) atoms. The van der Waals surface area contributed by atoms with E-state index in [-0.39, 0.29) is 4.90 Å². The summed E-state index contributed by atoms with van der Waals surface area (Å²) in [5.41, 5.74) is 1.33. The largest absolute Gasteiger partial charge is 0.480 e. The second-order valence-electron chi connectivity index (χ2n) is 5.31. The van der Waals surface area contributed by atoms with Gasteiger partial charge in [-0.15, -0.1) is 0 Å².